The van der Waals surface area contributed by atoms with Crippen molar-refractivity contribution in [1.29, 1.82) is 0 Å². The lowest BCUT2D eigenvalue weighted by atomic mass is 9.99. The van der Waals surface area contributed by atoms with Gasteiger partial charge in [0.25, 0.3) is 0 Å². The Morgan fingerprint density at radius 1 is 1.16 bits per heavy atom. The highest BCUT2D eigenvalue weighted by Gasteiger charge is 2.18. The number of aryl methyl sites for hydroxylation is 1. The van der Waals surface area contributed by atoms with Crippen molar-refractivity contribution in [2.24, 2.45) is 5.92 Å². The standard InChI is InChI=1S/C19H23N5S/c1-13-7-9-24(10-8-13)12-17-14(2)21-19(25-17)23-18-11-20-15-5-3-4-6-16(15)22-18/h3-6,11,13H,7-10,12H2,1-2H3,(H,21,22,23). The molecule has 0 atom stereocenters. The molecule has 0 amide bonds. The molecule has 0 radical (unpaired) electrons. The number of anilines is 2. The van der Waals surface area contributed by atoms with E-state index >= 15 is 0 Å². The fourth-order valence-corrected chi connectivity index (χ4v) is 4.19. The lowest BCUT2D eigenvalue weighted by Crippen LogP contribution is -2.32. The third kappa shape index (κ3) is 3.80. The molecule has 1 aliphatic heterocycles. The minimum Gasteiger partial charge on any atom is -0.315 e. The smallest absolute Gasteiger partial charge is 0.188 e. The van der Waals surface area contributed by atoms with Gasteiger partial charge in [0.2, 0.25) is 0 Å². The highest BCUT2D eigenvalue weighted by molar-refractivity contribution is 7.15. The molecule has 130 valence electrons. The van der Waals surface area contributed by atoms with Gasteiger partial charge in [-0.15, -0.1) is 11.3 Å². The molecule has 5 nitrogen and oxygen atoms in total. The van der Waals surface area contributed by atoms with Crippen LogP contribution >= 0.6 is 11.3 Å². The van der Waals surface area contributed by atoms with E-state index in [1.165, 1.54) is 30.8 Å². The van der Waals surface area contributed by atoms with Gasteiger partial charge in [0.15, 0.2) is 10.9 Å². The lowest BCUT2D eigenvalue weighted by molar-refractivity contribution is 0.186. The van der Waals surface area contributed by atoms with E-state index in [2.05, 4.69) is 39.0 Å². The first-order chi connectivity index (χ1) is 12.2. The molecule has 1 aliphatic rings. The Kier molecular flexibility index (Phi) is 4.63. The van der Waals surface area contributed by atoms with Crippen LogP contribution in [0.15, 0.2) is 30.5 Å². The maximum absolute atomic E-state index is 4.68. The topological polar surface area (TPSA) is 53.9 Å². The normalized spacial score (nSPS) is 16.4. The summed E-state index contributed by atoms with van der Waals surface area (Å²) in [6.45, 7) is 7.83. The van der Waals surface area contributed by atoms with Gasteiger partial charge in [-0.1, -0.05) is 19.1 Å². The summed E-state index contributed by atoms with van der Waals surface area (Å²) in [6, 6.07) is 7.90. The number of rotatable bonds is 4. The van der Waals surface area contributed by atoms with E-state index in [-0.39, 0.29) is 0 Å². The van der Waals surface area contributed by atoms with Crippen molar-refractivity contribution in [1.82, 2.24) is 19.9 Å². The molecule has 1 fully saturated rings. The molecule has 2 aromatic heterocycles. The first-order valence-electron chi connectivity index (χ1n) is 8.85. The quantitative estimate of drug-likeness (QED) is 0.755. The fraction of sp³-hybridized carbons (Fsp3) is 0.421. The number of piperidine rings is 1. The van der Waals surface area contributed by atoms with Crippen LogP contribution in [0.4, 0.5) is 10.9 Å². The zero-order chi connectivity index (χ0) is 17.2. The molecule has 0 aliphatic carbocycles. The second kappa shape index (κ2) is 7.06. The van der Waals surface area contributed by atoms with Crippen LogP contribution in [-0.4, -0.2) is 32.9 Å². The third-order valence-electron chi connectivity index (χ3n) is 4.82. The molecule has 3 heterocycles. The molecule has 1 N–H and O–H groups in total. The predicted octanol–water partition coefficient (Wildman–Crippen LogP) is 4.37. The molecule has 0 spiro atoms. The maximum atomic E-state index is 4.68. The monoisotopic (exact) mass is 353 g/mol. The van der Waals surface area contributed by atoms with E-state index in [0.717, 1.165) is 40.1 Å². The van der Waals surface area contributed by atoms with E-state index < -0.39 is 0 Å². The minimum absolute atomic E-state index is 0.741. The molecule has 4 rings (SSSR count). The number of hydrogen-bond donors (Lipinski definition) is 1. The summed E-state index contributed by atoms with van der Waals surface area (Å²) in [4.78, 5) is 17.6. The Labute approximate surface area is 152 Å². The van der Waals surface area contributed by atoms with Crippen molar-refractivity contribution >= 4 is 33.3 Å². The van der Waals surface area contributed by atoms with Gasteiger partial charge < -0.3 is 5.32 Å². The molecule has 25 heavy (non-hydrogen) atoms. The second-order valence-electron chi connectivity index (χ2n) is 6.86. The van der Waals surface area contributed by atoms with Gasteiger partial charge in [-0.25, -0.2) is 9.97 Å². The van der Waals surface area contributed by atoms with E-state index in [4.69, 9.17) is 0 Å². The zero-order valence-corrected chi connectivity index (χ0v) is 15.5. The minimum atomic E-state index is 0.741. The van der Waals surface area contributed by atoms with Crippen LogP contribution in [0.25, 0.3) is 11.0 Å². The van der Waals surface area contributed by atoms with Gasteiger partial charge in [0.1, 0.15) is 0 Å². The summed E-state index contributed by atoms with van der Waals surface area (Å²) < 4.78 is 0. The lowest BCUT2D eigenvalue weighted by Gasteiger charge is -2.29. The molecule has 0 unspecified atom stereocenters. The molecule has 6 heteroatoms. The van der Waals surface area contributed by atoms with Gasteiger partial charge in [0, 0.05) is 11.4 Å². The van der Waals surface area contributed by atoms with Crippen molar-refractivity contribution in [2.45, 2.75) is 33.2 Å². The van der Waals surface area contributed by atoms with E-state index in [0.29, 0.717) is 0 Å². The summed E-state index contributed by atoms with van der Waals surface area (Å²) in [6.07, 6.45) is 4.37. The number of nitrogens with zero attached hydrogens (tertiary/aromatic N) is 4. The van der Waals surface area contributed by atoms with E-state index in [9.17, 15) is 0 Å². The summed E-state index contributed by atoms with van der Waals surface area (Å²) in [7, 11) is 0. The molecular weight excluding hydrogens is 330 g/mol. The Hall–Kier alpha value is -2.05. The van der Waals surface area contributed by atoms with Gasteiger partial charge in [-0.2, -0.15) is 0 Å². The summed E-state index contributed by atoms with van der Waals surface area (Å²) in [5.74, 6) is 1.60. The van der Waals surface area contributed by atoms with E-state index in [1.807, 2.05) is 24.3 Å². The first-order valence-corrected chi connectivity index (χ1v) is 9.66. The van der Waals surface area contributed by atoms with Crippen molar-refractivity contribution in [3.8, 4) is 0 Å². The number of benzene rings is 1. The van der Waals surface area contributed by atoms with Crippen molar-refractivity contribution in [3.05, 3.63) is 41.0 Å². The van der Waals surface area contributed by atoms with Crippen molar-refractivity contribution in [2.75, 3.05) is 18.4 Å². The number of fused-ring (bicyclic) bond motifs is 1. The van der Waals surface area contributed by atoms with Crippen molar-refractivity contribution < 1.29 is 0 Å². The zero-order valence-electron chi connectivity index (χ0n) is 14.7. The Balaban J connectivity index is 1.47. The molecule has 3 aromatic rings. The van der Waals surface area contributed by atoms with Gasteiger partial charge >= 0.3 is 0 Å². The molecule has 0 saturated carbocycles. The van der Waals surface area contributed by atoms with Crippen LogP contribution in [0.5, 0.6) is 0 Å². The second-order valence-corrected chi connectivity index (χ2v) is 7.94. The number of likely N-dealkylation sites (tertiary alicyclic amines) is 1. The number of nitrogens with one attached hydrogen (secondary N) is 1. The van der Waals surface area contributed by atoms with Crippen LogP contribution in [-0.2, 0) is 6.54 Å². The number of hydrogen-bond acceptors (Lipinski definition) is 6. The molecule has 0 bridgehead atoms. The predicted molar refractivity (Wildman–Crippen MR) is 103 cm³/mol. The Morgan fingerprint density at radius 3 is 2.72 bits per heavy atom. The van der Waals surface area contributed by atoms with Crippen LogP contribution in [0.2, 0.25) is 0 Å². The third-order valence-corrected chi connectivity index (χ3v) is 5.88. The average molecular weight is 353 g/mol. The molecule has 1 aromatic carbocycles. The van der Waals surface area contributed by atoms with Crippen LogP contribution in [0.1, 0.15) is 30.3 Å². The highest BCUT2D eigenvalue weighted by Crippen LogP contribution is 2.28. The average Bonchev–Trinajstić information content (AvgIpc) is 2.96. The largest absolute Gasteiger partial charge is 0.315 e. The van der Waals surface area contributed by atoms with Gasteiger partial charge in [0.05, 0.1) is 22.9 Å². The fourth-order valence-electron chi connectivity index (χ4n) is 3.18. The highest BCUT2D eigenvalue weighted by atomic mass is 32.1. The SMILES string of the molecule is Cc1nc(Nc2cnc3ccccc3n2)sc1CN1CCC(C)CC1. The van der Waals surface area contributed by atoms with E-state index in [1.54, 1.807) is 17.5 Å². The van der Waals surface area contributed by atoms with Crippen LogP contribution in [0.3, 0.4) is 0 Å². The van der Waals surface area contributed by atoms with Crippen LogP contribution < -0.4 is 5.32 Å². The maximum Gasteiger partial charge on any atom is 0.188 e. The summed E-state index contributed by atoms with van der Waals surface area (Å²) in [5.41, 5.74) is 2.91. The number of thiazole rings is 1. The summed E-state index contributed by atoms with van der Waals surface area (Å²) >= 11 is 1.72. The van der Waals surface area contributed by atoms with Crippen LogP contribution in [0, 0.1) is 12.8 Å². The van der Waals surface area contributed by atoms with Gasteiger partial charge in [-0.3, -0.25) is 9.88 Å². The first kappa shape index (κ1) is 16.4. The summed E-state index contributed by atoms with van der Waals surface area (Å²) in [5, 5.41) is 4.21. The Bertz CT molecular complexity index is 867. The molecular formula is C19H23N5S. The number of para-hydroxylation sites is 2. The molecule has 1 saturated heterocycles. The van der Waals surface area contributed by atoms with Crippen molar-refractivity contribution in [3.63, 3.8) is 0 Å². The van der Waals surface area contributed by atoms with Gasteiger partial charge in [-0.05, 0) is 50.9 Å². The Morgan fingerprint density at radius 2 is 1.92 bits per heavy atom. The number of aromatic nitrogens is 3.